The second kappa shape index (κ2) is 10.8. The summed E-state index contributed by atoms with van der Waals surface area (Å²) in [5.41, 5.74) is 8.84. The second-order valence-electron chi connectivity index (χ2n) is 9.05. The van der Waals surface area contributed by atoms with E-state index in [1.54, 1.807) is 36.4 Å². The standard InChI is InChI=1S/C30H27N3O4/c1-18(2)17-33-29(34)22-7-10-25(27(14-22)30(35)36-3)26-15-23(32)8-11-28(26)37-24-9-6-20-12-19(16-31)4-5-21(20)13-24/h4-15,18H,17,32H2,1-3H3,(H,33,34). The van der Waals surface area contributed by atoms with Crippen LogP contribution in [0.1, 0.15) is 40.1 Å². The van der Waals surface area contributed by atoms with Gasteiger partial charge in [0.1, 0.15) is 11.5 Å². The molecule has 0 atom stereocenters. The molecule has 0 unspecified atom stereocenters. The molecule has 4 aromatic carbocycles. The van der Waals surface area contributed by atoms with Crippen LogP contribution in [0, 0.1) is 17.2 Å². The number of rotatable bonds is 7. The predicted molar refractivity (Wildman–Crippen MR) is 144 cm³/mol. The smallest absolute Gasteiger partial charge is 0.338 e. The van der Waals surface area contributed by atoms with Crippen LogP contribution < -0.4 is 15.8 Å². The fourth-order valence-corrected chi connectivity index (χ4v) is 3.93. The van der Waals surface area contributed by atoms with Gasteiger partial charge in [-0.15, -0.1) is 0 Å². The van der Waals surface area contributed by atoms with E-state index in [2.05, 4.69) is 11.4 Å². The molecule has 0 saturated carbocycles. The quantitative estimate of drug-likeness (QED) is 0.244. The summed E-state index contributed by atoms with van der Waals surface area (Å²) in [5.74, 6) is 0.488. The van der Waals surface area contributed by atoms with Crippen molar-refractivity contribution in [2.75, 3.05) is 19.4 Å². The summed E-state index contributed by atoms with van der Waals surface area (Å²) in [4.78, 5) is 25.4. The zero-order chi connectivity index (χ0) is 26.5. The number of nitriles is 1. The molecule has 0 aliphatic heterocycles. The molecule has 0 aromatic heterocycles. The molecule has 186 valence electrons. The Morgan fingerprint density at radius 1 is 0.946 bits per heavy atom. The molecular weight excluding hydrogens is 466 g/mol. The fourth-order valence-electron chi connectivity index (χ4n) is 3.93. The van der Waals surface area contributed by atoms with Crippen molar-refractivity contribution in [2.45, 2.75) is 13.8 Å². The van der Waals surface area contributed by atoms with Crippen LogP contribution in [0.4, 0.5) is 5.69 Å². The number of hydrogen-bond donors (Lipinski definition) is 2. The van der Waals surface area contributed by atoms with Crippen molar-refractivity contribution >= 4 is 28.3 Å². The summed E-state index contributed by atoms with van der Waals surface area (Å²) in [6.07, 6.45) is 0. The Hall–Kier alpha value is -4.83. The normalized spacial score (nSPS) is 10.7. The van der Waals surface area contributed by atoms with Crippen molar-refractivity contribution < 1.29 is 19.1 Å². The number of carbonyl (C=O) groups is 2. The van der Waals surface area contributed by atoms with Crippen molar-refractivity contribution in [3.63, 3.8) is 0 Å². The van der Waals surface area contributed by atoms with Gasteiger partial charge in [0, 0.05) is 28.9 Å². The van der Waals surface area contributed by atoms with Crippen LogP contribution in [0.5, 0.6) is 11.5 Å². The number of nitrogens with two attached hydrogens (primary N) is 1. The number of esters is 1. The van der Waals surface area contributed by atoms with Gasteiger partial charge >= 0.3 is 5.97 Å². The molecule has 7 nitrogen and oxygen atoms in total. The maximum absolute atomic E-state index is 12.8. The van der Waals surface area contributed by atoms with Gasteiger partial charge < -0.3 is 20.5 Å². The highest BCUT2D eigenvalue weighted by Crippen LogP contribution is 2.38. The molecule has 0 fully saturated rings. The lowest BCUT2D eigenvalue weighted by Crippen LogP contribution is -2.27. The molecule has 0 radical (unpaired) electrons. The van der Waals surface area contributed by atoms with Crippen LogP contribution in [0.25, 0.3) is 21.9 Å². The zero-order valence-electron chi connectivity index (χ0n) is 20.9. The van der Waals surface area contributed by atoms with Gasteiger partial charge in [0.05, 0.1) is 24.3 Å². The van der Waals surface area contributed by atoms with E-state index < -0.39 is 5.97 Å². The fraction of sp³-hybridized carbons (Fsp3) is 0.167. The van der Waals surface area contributed by atoms with Crippen molar-refractivity contribution in [3.8, 4) is 28.7 Å². The molecule has 1 amide bonds. The van der Waals surface area contributed by atoms with Crippen molar-refractivity contribution in [1.29, 1.82) is 5.26 Å². The predicted octanol–water partition coefficient (Wildman–Crippen LogP) is 5.93. The molecular formula is C30H27N3O4. The average molecular weight is 494 g/mol. The van der Waals surface area contributed by atoms with Crippen molar-refractivity contribution in [3.05, 3.63) is 89.5 Å². The van der Waals surface area contributed by atoms with Crippen LogP contribution >= 0.6 is 0 Å². The van der Waals surface area contributed by atoms with Gasteiger partial charge in [0.15, 0.2) is 0 Å². The third kappa shape index (κ3) is 5.71. The van der Waals surface area contributed by atoms with Gasteiger partial charge in [0.2, 0.25) is 0 Å². The number of ether oxygens (including phenoxy) is 2. The van der Waals surface area contributed by atoms with Crippen LogP contribution in [-0.2, 0) is 4.74 Å². The number of benzene rings is 4. The summed E-state index contributed by atoms with van der Waals surface area (Å²) in [6, 6.07) is 23.2. The molecule has 7 heteroatoms. The van der Waals surface area contributed by atoms with E-state index in [1.165, 1.54) is 13.2 Å². The first-order chi connectivity index (χ1) is 17.8. The SMILES string of the molecule is COC(=O)c1cc(C(=O)NCC(C)C)ccc1-c1cc(N)ccc1Oc1ccc2cc(C#N)ccc2c1. The number of carbonyl (C=O) groups excluding carboxylic acids is 2. The van der Waals surface area contributed by atoms with Gasteiger partial charge in [-0.05, 0) is 71.3 Å². The first-order valence-electron chi connectivity index (χ1n) is 11.8. The number of fused-ring (bicyclic) bond motifs is 1. The maximum Gasteiger partial charge on any atom is 0.338 e. The van der Waals surface area contributed by atoms with Crippen LogP contribution in [-0.4, -0.2) is 25.5 Å². The minimum atomic E-state index is -0.583. The van der Waals surface area contributed by atoms with Gasteiger partial charge in [0.25, 0.3) is 5.91 Å². The number of nitrogens with zero attached hydrogens (tertiary/aromatic N) is 1. The molecule has 0 bridgehead atoms. The Balaban J connectivity index is 1.75. The van der Waals surface area contributed by atoms with Gasteiger partial charge in [-0.1, -0.05) is 32.0 Å². The third-order valence-corrected chi connectivity index (χ3v) is 5.82. The lowest BCUT2D eigenvalue weighted by molar-refractivity contribution is 0.0601. The lowest BCUT2D eigenvalue weighted by atomic mass is 9.96. The van der Waals surface area contributed by atoms with Crippen LogP contribution in [0.15, 0.2) is 72.8 Å². The number of hydrogen-bond acceptors (Lipinski definition) is 6. The Labute approximate surface area is 215 Å². The second-order valence-corrected chi connectivity index (χ2v) is 9.05. The van der Waals surface area contributed by atoms with Crippen molar-refractivity contribution in [1.82, 2.24) is 5.32 Å². The van der Waals surface area contributed by atoms with E-state index in [0.29, 0.717) is 51.9 Å². The van der Waals surface area contributed by atoms with Gasteiger partial charge in [-0.3, -0.25) is 4.79 Å². The zero-order valence-corrected chi connectivity index (χ0v) is 20.9. The monoisotopic (exact) mass is 493 g/mol. The summed E-state index contributed by atoms with van der Waals surface area (Å²) < 4.78 is 11.3. The molecule has 0 saturated heterocycles. The lowest BCUT2D eigenvalue weighted by Gasteiger charge is -2.16. The highest BCUT2D eigenvalue weighted by Gasteiger charge is 2.20. The first-order valence-corrected chi connectivity index (χ1v) is 11.8. The summed E-state index contributed by atoms with van der Waals surface area (Å²) in [5, 5.41) is 13.8. The Bertz CT molecular complexity index is 1540. The highest BCUT2D eigenvalue weighted by molar-refractivity contribution is 6.03. The number of nitrogen functional groups attached to an aromatic ring is 1. The summed E-state index contributed by atoms with van der Waals surface area (Å²) in [6.45, 7) is 4.53. The average Bonchev–Trinajstić information content (AvgIpc) is 2.91. The van der Waals surface area contributed by atoms with E-state index >= 15 is 0 Å². The van der Waals surface area contributed by atoms with Gasteiger partial charge in [-0.25, -0.2) is 4.79 Å². The summed E-state index contributed by atoms with van der Waals surface area (Å²) in [7, 11) is 1.29. The molecule has 4 aromatic rings. The number of nitrogens with one attached hydrogen (secondary N) is 1. The molecule has 4 rings (SSSR count). The number of anilines is 1. The Morgan fingerprint density at radius 2 is 1.70 bits per heavy atom. The van der Waals surface area contributed by atoms with Crippen LogP contribution in [0.3, 0.4) is 0 Å². The largest absolute Gasteiger partial charge is 0.465 e. The third-order valence-electron chi connectivity index (χ3n) is 5.82. The summed E-state index contributed by atoms with van der Waals surface area (Å²) >= 11 is 0. The number of methoxy groups -OCH3 is 1. The minimum Gasteiger partial charge on any atom is -0.465 e. The Morgan fingerprint density at radius 3 is 2.43 bits per heavy atom. The number of amides is 1. The highest BCUT2D eigenvalue weighted by atomic mass is 16.5. The molecule has 0 aliphatic carbocycles. The van der Waals surface area contributed by atoms with E-state index in [1.807, 2.05) is 44.2 Å². The van der Waals surface area contributed by atoms with Gasteiger partial charge in [-0.2, -0.15) is 5.26 Å². The first kappa shape index (κ1) is 25.3. The van der Waals surface area contributed by atoms with Crippen molar-refractivity contribution in [2.24, 2.45) is 5.92 Å². The van der Waals surface area contributed by atoms with E-state index in [0.717, 1.165) is 10.8 Å². The minimum absolute atomic E-state index is 0.220. The maximum atomic E-state index is 12.8. The Kier molecular flexibility index (Phi) is 7.40. The van der Waals surface area contributed by atoms with E-state index in [4.69, 9.17) is 20.5 Å². The molecule has 37 heavy (non-hydrogen) atoms. The molecule has 3 N–H and O–H groups in total. The molecule has 0 heterocycles. The van der Waals surface area contributed by atoms with E-state index in [-0.39, 0.29) is 11.5 Å². The topological polar surface area (TPSA) is 114 Å². The molecule has 0 spiro atoms. The molecule has 0 aliphatic rings. The van der Waals surface area contributed by atoms with Crippen LogP contribution in [0.2, 0.25) is 0 Å². The van der Waals surface area contributed by atoms with E-state index in [9.17, 15) is 9.59 Å².